The van der Waals surface area contributed by atoms with E-state index in [0.29, 0.717) is 16.6 Å². The van der Waals surface area contributed by atoms with Crippen LogP contribution >= 0.6 is 23.2 Å². The molecule has 1 unspecified atom stereocenters. The number of rotatable bonds is 7. The van der Waals surface area contributed by atoms with Gasteiger partial charge in [-0.15, -0.1) is 0 Å². The van der Waals surface area contributed by atoms with Crippen molar-refractivity contribution in [3.63, 3.8) is 0 Å². The summed E-state index contributed by atoms with van der Waals surface area (Å²) >= 11 is 11.2. The third-order valence-electron chi connectivity index (χ3n) is 2.54. The van der Waals surface area contributed by atoms with Gasteiger partial charge in [-0.1, -0.05) is 49.2 Å². The quantitative estimate of drug-likeness (QED) is 0.693. The second kappa shape index (κ2) is 17.5. The molecule has 0 heterocycles. The van der Waals surface area contributed by atoms with Gasteiger partial charge in [0.25, 0.3) is 0 Å². The van der Waals surface area contributed by atoms with E-state index in [2.05, 4.69) is 10.6 Å². The highest BCUT2D eigenvalue weighted by molar-refractivity contribution is 6.41. The molecule has 7 heteroatoms. The first-order chi connectivity index (χ1) is 11.0. The lowest BCUT2D eigenvalue weighted by molar-refractivity contribution is -0.124. The fourth-order valence-electron chi connectivity index (χ4n) is 1.33. The molecule has 0 aliphatic rings. The van der Waals surface area contributed by atoms with E-state index < -0.39 is 6.61 Å². The number of hydrogen-bond acceptors (Lipinski definition) is 4. The largest absolute Gasteiger partial charge is 0.387 e. The molecule has 0 spiro atoms. The third-order valence-corrected chi connectivity index (χ3v) is 3.30. The number of carbonyl (C=O) groups is 1. The number of ether oxygens (including phenoxy) is 1. The van der Waals surface area contributed by atoms with E-state index in [1.54, 1.807) is 19.2 Å². The van der Waals surface area contributed by atoms with Crippen molar-refractivity contribution >= 4 is 29.1 Å². The van der Waals surface area contributed by atoms with Crippen LogP contribution in [0.2, 0.25) is 10.0 Å². The Morgan fingerprint density at radius 3 is 2.13 bits per heavy atom. The van der Waals surface area contributed by atoms with Crippen LogP contribution in [0, 0.1) is 0 Å². The van der Waals surface area contributed by atoms with Gasteiger partial charge in [-0.2, -0.15) is 0 Å². The van der Waals surface area contributed by atoms with Crippen LogP contribution in [0.25, 0.3) is 0 Å². The molecule has 0 fully saturated rings. The Bertz CT molecular complexity index is 386. The lowest BCUT2D eigenvalue weighted by atomic mass is 10.2. The van der Waals surface area contributed by atoms with E-state index in [9.17, 15) is 4.79 Å². The SMILES string of the molecule is CC.CNCCC(CNC(=O)CO)OC.Clc1ccccc1Cl. The highest BCUT2D eigenvalue weighted by Crippen LogP contribution is 2.19. The van der Waals surface area contributed by atoms with Crippen LogP contribution in [0.5, 0.6) is 0 Å². The van der Waals surface area contributed by atoms with Gasteiger partial charge in [0, 0.05) is 13.7 Å². The second-order valence-corrected chi connectivity index (χ2v) is 4.94. The summed E-state index contributed by atoms with van der Waals surface area (Å²) in [7, 11) is 3.46. The summed E-state index contributed by atoms with van der Waals surface area (Å²) in [5, 5.41) is 15.2. The zero-order valence-corrected chi connectivity index (χ0v) is 15.7. The van der Waals surface area contributed by atoms with Crippen molar-refractivity contribution in [3.05, 3.63) is 34.3 Å². The highest BCUT2D eigenvalue weighted by atomic mass is 35.5. The van der Waals surface area contributed by atoms with E-state index in [4.69, 9.17) is 33.0 Å². The first-order valence-corrected chi connectivity index (χ1v) is 8.25. The average molecular weight is 367 g/mol. The van der Waals surface area contributed by atoms with Gasteiger partial charge in [0.15, 0.2) is 0 Å². The number of aliphatic hydroxyl groups is 1. The average Bonchev–Trinajstić information content (AvgIpc) is 2.59. The summed E-state index contributed by atoms with van der Waals surface area (Å²) < 4.78 is 5.11. The minimum Gasteiger partial charge on any atom is -0.387 e. The summed E-state index contributed by atoms with van der Waals surface area (Å²) in [5.41, 5.74) is 0. The van der Waals surface area contributed by atoms with Crippen molar-refractivity contribution in [1.82, 2.24) is 10.6 Å². The predicted molar refractivity (Wildman–Crippen MR) is 97.2 cm³/mol. The van der Waals surface area contributed by atoms with Crippen LogP contribution in [0.15, 0.2) is 24.3 Å². The molecule has 0 saturated heterocycles. The fraction of sp³-hybridized carbons (Fsp3) is 0.562. The van der Waals surface area contributed by atoms with Gasteiger partial charge in [0.2, 0.25) is 5.91 Å². The number of amides is 1. The van der Waals surface area contributed by atoms with E-state index in [0.717, 1.165) is 13.0 Å². The minimum absolute atomic E-state index is 0.00273. The standard InChI is InChI=1S/C8H18N2O3.C6H4Cl2.C2H6/c1-9-4-3-7(13-2)5-10-8(12)6-11;7-5-3-1-2-4-6(5)8;1-2/h7,9,11H,3-6H2,1-2H3,(H,10,12);1-4H;1-2H3. The van der Waals surface area contributed by atoms with Crippen LogP contribution in [-0.2, 0) is 9.53 Å². The number of benzene rings is 1. The Balaban J connectivity index is 0. The van der Waals surface area contributed by atoms with Crippen LogP contribution in [0.1, 0.15) is 20.3 Å². The number of carbonyl (C=O) groups excluding carboxylic acids is 1. The summed E-state index contributed by atoms with van der Waals surface area (Å²) in [6, 6.07) is 7.19. The molecule has 0 aliphatic carbocycles. The number of nitrogens with one attached hydrogen (secondary N) is 2. The summed E-state index contributed by atoms with van der Waals surface area (Å²) in [6.07, 6.45) is 0.835. The smallest absolute Gasteiger partial charge is 0.245 e. The Hall–Kier alpha value is -0.850. The summed E-state index contributed by atoms with van der Waals surface area (Å²) in [5.74, 6) is -0.369. The number of halogens is 2. The van der Waals surface area contributed by atoms with E-state index in [1.807, 2.05) is 33.0 Å². The van der Waals surface area contributed by atoms with Crippen molar-refractivity contribution < 1.29 is 14.6 Å². The van der Waals surface area contributed by atoms with Gasteiger partial charge in [0.05, 0.1) is 16.1 Å². The second-order valence-electron chi connectivity index (χ2n) is 4.13. The van der Waals surface area contributed by atoms with Crippen molar-refractivity contribution in [2.45, 2.75) is 26.4 Å². The molecule has 23 heavy (non-hydrogen) atoms. The zero-order chi connectivity index (χ0) is 18.1. The molecule has 1 amide bonds. The van der Waals surface area contributed by atoms with Gasteiger partial charge in [-0.3, -0.25) is 4.79 Å². The van der Waals surface area contributed by atoms with Crippen molar-refractivity contribution in [3.8, 4) is 0 Å². The maximum absolute atomic E-state index is 10.7. The van der Waals surface area contributed by atoms with Crippen molar-refractivity contribution in [1.29, 1.82) is 0 Å². The maximum atomic E-state index is 10.7. The Morgan fingerprint density at radius 2 is 1.78 bits per heavy atom. The highest BCUT2D eigenvalue weighted by Gasteiger charge is 2.07. The van der Waals surface area contributed by atoms with Crippen LogP contribution in [0.3, 0.4) is 0 Å². The molecule has 0 aromatic heterocycles. The number of hydrogen-bond donors (Lipinski definition) is 3. The maximum Gasteiger partial charge on any atom is 0.245 e. The first kappa shape index (κ1) is 24.4. The molecule has 134 valence electrons. The Morgan fingerprint density at radius 1 is 1.26 bits per heavy atom. The van der Waals surface area contributed by atoms with Gasteiger partial charge in [0.1, 0.15) is 6.61 Å². The Labute approximate surface area is 149 Å². The fourth-order valence-corrected chi connectivity index (χ4v) is 1.60. The molecular formula is C16H28Cl2N2O3. The summed E-state index contributed by atoms with van der Waals surface area (Å²) in [4.78, 5) is 10.7. The molecule has 3 N–H and O–H groups in total. The Kier molecular flexibility index (Phi) is 18.6. The molecule has 1 atom stereocenters. The van der Waals surface area contributed by atoms with E-state index in [1.165, 1.54) is 0 Å². The van der Waals surface area contributed by atoms with Crippen LogP contribution in [0.4, 0.5) is 0 Å². The first-order valence-electron chi connectivity index (χ1n) is 7.50. The predicted octanol–water partition coefficient (Wildman–Crippen LogP) is 2.74. The molecular weight excluding hydrogens is 339 g/mol. The molecule has 0 radical (unpaired) electrons. The molecule has 0 aliphatic heterocycles. The molecule has 5 nitrogen and oxygen atoms in total. The van der Waals surface area contributed by atoms with E-state index >= 15 is 0 Å². The van der Waals surface area contributed by atoms with Gasteiger partial charge < -0.3 is 20.5 Å². The van der Waals surface area contributed by atoms with Crippen molar-refractivity contribution in [2.75, 3.05) is 33.9 Å². The van der Waals surface area contributed by atoms with Gasteiger partial charge in [-0.05, 0) is 32.1 Å². The third kappa shape index (κ3) is 14.5. The normalized spacial score (nSPS) is 10.6. The van der Waals surface area contributed by atoms with Gasteiger partial charge in [-0.25, -0.2) is 0 Å². The zero-order valence-electron chi connectivity index (χ0n) is 14.2. The van der Waals surface area contributed by atoms with Crippen LogP contribution < -0.4 is 10.6 Å². The molecule has 1 rings (SSSR count). The topological polar surface area (TPSA) is 70.6 Å². The molecule has 1 aromatic carbocycles. The molecule has 0 saturated carbocycles. The number of methoxy groups -OCH3 is 1. The molecule has 1 aromatic rings. The minimum atomic E-state index is -0.470. The lowest BCUT2D eigenvalue weighted by Gasteiger charge is -2.15. The van der Waals surface area contributed by atoms with E-state index in [-0.39, 0.29) is 12.0 Å². The summed E-state index contributed by atoms with van der Waals surface area (Å²) in [6.45, 7) is 4.81. The van der Waals surface area contributed by atoms with Crippen LogP contribution in [-0.4, -0.2) is 51.0 Å². The monoisotopic (exact) mass is 366 g/mol. The van der Waals surface area contributed by atoms with Crippen molar-refractivity contribution in [2.24, 2.45) is 0 Å². The molecule has 0 bridgehead atoms. The lowest BCUT2D eigenvalue weighted by Crippen LogP contribution is -2.36. The number of aliphatic hydroxyl groups excluding tert-OH is 1. The van der Waals surface area contributed by atoms with Gasteiger partial charge >= 0.3 is 0 Å².